The topological polar surface area (TPSA) is 187 Å². The van der Waals surface area contributed by atoms with Crippen molar-refractivity contribution in [3.63, 3.8) is 0 Å². The Morgan fingerprint density at radius 3 is 2.46 bits per heavy atom. The van der Waals surface area contributed by atoms with E-state index in [2.05, 4.69) is 5.32 Å². The molecule has 1 saturated carbocycles. The normalized spacial score (nSPS) is 27.9. The molecular weight excluding hydrogens is 528 g/mol. The SMILES string of the molecule is NC(=O)C1C(=O)[C@@]2(O)C(O)=C3C(=O)c4c(O)c(CNC(=O)CCl)cc(-c5ccccc5)c4C[C@H]3C[C@H]2CC1O. The molecule has 5 rings (SSSR count). The van der Waals surface area contributed by atoms with Gasteiger partial charge >= 0.3 is 0 Å². The predicted octanol–water partition coefficient (Wildman–Crippen LogP) is 1.27. The number of nitrogens with one attached hydrogen (secondary N) is 1. The van der Waals surface area contributed by atoms with Gasteiger partial charge in [0.25, 0.3) is 0 Å². The Bertz CT molecular complexity index is 1440. The third kappa shape index (κ3) is 4.10. The van der Waals surface area contributed by atoms with Crippen molar-refractivity contribution in [3.05, 3.63) is 64.4 Å². The number of hydrogen-bond acceptors (Lipinski definition) is 8. The Kier molecular flexibility index (Phi) is 6.74. The number of phenolic OH excluding ortho intramolecular Hbond substituents is 1. The molecule has 10 nitrogen and oxygen atoms in total. The number of carbonyl (C=O) groups is 4. The molecule has 0 saturated heterocycles. The molecule has 0 radical (unpaired) electrons. The number of aromatic hydroxyl groups is 1. The van der Waals surface area contributed by atoms with Gasteiger partial charge in [-0.05, 0) is 47.9 Å². The molecule has 5 atom stereocenters. The van der Waals surface area contributed by atoms with Crippen LogP contribution in [0.1, 0.15) is 34.3 Å². The third-order valence-corrected chi connectivity index (χ3v) is 8.39. The molecule has 0 aromatic heterocycles. The fourth-order valence-electron chi connectivity index (χ4n) is 6.30. The van der Waals surface area contributed by atoms with E-state index in [1.807, 2.05) is 30.3 Å². The summed E-state index contributed by atoms with van der Waals surface area (Å²) in [7, 11) is 0. The number of aliphatic hydroxyl groups is 3. The van der Waals surface area contributed by atoms with Crippen LogP contribution in [0.15, 0.2) is 47.7 Å². The molecule has 39 heavy (non-hydrogen) atoms. The number of phenols is 1. The van der Waals surface area contributed by atoms with Crippen molar-refractivity contribution >= 4 is 35.0 Å². The van der Waals surface area contributed by atoms with Crippen LogP contribution in [0.5, 0.6) is 5.75 Å². The molecule has 0 bridgehead atoms. The van der Waals surface area contributed by atoms with E-state index in [1.54, 1.807) is 6.07 Å². The minimum atomic E-state index is -2.58. The van der Waals surface area contributed by atoms with E-state index in [-0.39, 0.29) is 48.4 Å². The highest BCUT2D eigenvalue weighted by Gasteiger charge is 2.62. The van der Waals surface area contributed by atoms with Gasteiger partial charge in [0.15, 0.2) is 17.2 Å². The Balaban J connectivity index is 1.68. The Morgan fingerprint density at radius 2 is 1.82 bits per heavy atom. The number of aliphatic hydroxyl groups excluding tert-OH is 2. The maximum atomic E-state index is 14.0. The van der Waals surface area contributed by atoms with Gasteiger partial charge in [-0.25, -0.2) is 0 Å². The molecular formula is C28H27ClN2O8. The number of carbonyl (C=O) groups excluding carboxylic acids is 4. The van der Waals surface area contributed by atoms with Gasteiger partial charge in [0.2, 0.25) is 11.8 Å². The minimum absolute atomic E-state index is 0.0673. The second-order valence-corrected chi connectivity index (χ2v) is 10.6. The molecule has 204 valence electrons. The van der Waals surface area contributed by atoms with Gasteiger partial charge in [-0.2, -0.15) is 0 Å². The van der Waals surface area contributed by atoms with Gasteiger partial charge in [0, 0.05) is 23.6 Å². The second-order valence-electron chi connectivity index (χ2n) is 10.3. The van der Waals surface area contributed by atoms with E-state index in [1.165, 1.54) is 0 Å². The minimum Gasteiger partial charge on any atom is -0.508 e. The van der Waals surface area contributed by atoms with Gasteiger partial charge < -0.3 is 31.5 Å². The van der Waals surface area contributed by atoms with E-state index in [9.17, 15) is 39.6 Å². The molecule has 3 aliphatic rings. The summed E-state index contributed by atoms with van der Waals surface area (Å²) in [6, 6.07) is 10.8. The predicted molar refractivity (Wildman–Crippen MR) is 139 cm³/mol. The smallest absolute Gasteiger partial charge is 0.235 e. The van der Waals surface area contributed by atoms with E-state index in [4.69, 9.17) is 17.3 Å². The molecule has 3 aliphatic carbocycles. The summed E-state index contributed by atoms with van der Waals surface area (Å²) in [4.78, 5) is 50.8. The van der Waals surface area contributed by atoms with Crippen LogP contribution in [0, 0.1) is 17.8 Å². The van der Waals surface area contributed by atoms with Crippen LogP contribution in [0.25, 0.3) is 11.1 Å². The highest BCUT2D eigenvalue weighted by Crippen LogP contribution is 2.53. The summed E-state index contributed by atoms with van der Waals surface area (Å²) in [5, 5.41) is 46.9. The standard InChI is InChI=1S/C28H27ClN2O8/c29-10-19(33)31-11-14-8-16(12-4-2-1-3-5-12)17-7-13-6-15-9-18(32)22(27(30)38)26(37)28(15,39)25(36)20(13)24(35)21(17)23(14)34/h1-5,8,13,15,18,22,32,34,36,39H,6-7,9-11H2,(H2,30,38)(H,31,33)/t13-,15+,18?,22?,28+/m1/s1. The average molecular weight is 555 g/mol. The number of alkyl halides is 1. The van der Waals surface area contributed by atoms with Gasteiger partial charge in [-0.1, -0.05) is 30.3 Å². The van der Waals surface area contributed by atoms with E-state index < -0.39 is 64.3 Å². The molecule has 11 heteroatoms. The zero-order valence-electron chi connectivity index (χ0n) is 20.7. The number of rotatable bonds is 5. The lowest BCUT2D eigenvalue weighted by atomic mass is 9.57. The number of halogens is 1. The lowest BCUT2D eigenvalue weighted by molar-refractivity contribution is -0.167. The Labute approximate surface area is 228 Å². The van der Waals surface area contributed by atoms with Crippen molar-refractivity contribution < 1.29 is 39.6 Å². The molecule has 2 aromatic rings. The molecule has 7 N–H and O–H groups in total. The number of ketones is 2. The van der Waals surface area contributed by atoms with E-state index in [0.29, 0.717) is 11.1 Å². The summed E-state index contributed by atoms with van der Waals surface area (Å²) in [6.07, 6.45) is -1.36. The Hall–Kier alpha value is -3.73. The highest BCUT2D eigenvalue weighted by molar-refractivity contribution is 6.27. The van der Waals surface area contributed by atoms with Crippen molar-refractivity contribution in [2.75, 3.05) is 5.88 Å². The summed E-state index contributed by atoms with van der Waals surface area (Å²) in [5.41, 5.74) is 4.51. The van der Waals surface area contributed by atoms with Crippen molar-refractivity contribution in [3.8, 4) is 16.9 Å². The molecule has 2 amide bonds. The van der Waals surface area contributed by atoms with Crippen LogP contribution in [0.2, 0.25) is 0 Å². The largest absolute Gasteiger partial charge is 0.508 e. The number of fused-ring (bicyclic) bond motifs is 3. The maximum Gasteiger partial charge on any atom is 0.235 e. The molecule has 0 aliphatic heterocycles. The van der Waals surface area contributed by atoms with E-state index >= 15 is 0 Å². The number of Topliss-reactive ketones (excluding diaryl/α,β-unsaturated/α-hetero) is 2. The lowest BCUT2D eigenvalue weighted by Crippen LogP contribution is -2.63. The number of hydrogen-bond donors (Lipinski definition) is 6. The molecule has 0 spiro atoms. The van der Waals surface area contributed by atoms with Crippen molar-refractivity contribution in [1.82, 2.24) is 5.32 Å². The Morgan fingerprint density at radius 1 is 1.13 bits per heavy atom. The first-order chi connectivity index (χ1) is 18.5. The van der Waals surface area contributed by atoms with Crippen LogP contribution in [0.3, 0.4) is 0 Å². The number of allylic oxidation sites excluding steroid dienone is 1. The van der Waals surface area contributed by atoms with Gasteiger partial charge in [0.05, 0.1) is 11.7 Å². The fourth-order valence-corrected chi connectivity index (χ4v) is 6.40. The summed E-state index contributed by atoms with van der Waals surface area (Å²) in [5.74, 6) is -8.49. The average Bonchev–Trinajstić information content (AvgIpc) is 2.90. The van der Waals surface area contributed by atoms with Crippen LogP contribution < -0.4 is 11.1 Å². The van der Waals surface area contributed by atoms with Crippen LogP contribution in [0.4, 0.5) is 0 Å². The first-order valence-corrected chi connectivity index (χ1v) is 13.0. The number of amides is 2. The van der Waals surface area contributed by atoms with Crippen molar-refractivity contribution in [2.45, 2.75) is 37.5 Å². The number of benzene rings is 2. The van der Waals surface area contributed by atoms with Crippen molar-refractivity contribution in [1.29, 1.82) is 0 Å². The number of primary amides is 1. The van der Waals surface area contributed by atoms with Crippen molar-refractivity contribution in [2.24, 2.45) is 23.5 Å². The fraction of sp³-hybridized carbons (Fsp3) is 0.357. The third-order valence-electron chi connectivity index (χ3n) is 8.15. The van der Waals surface area contributed by atoms with Crippen LogP contribution in [-0.4, -0.2) is 61.4 Å². The summed E-state index contributed by atoms with van der Waals surface area (Å²) >= 11 is 5.58. The summed E-state index contributed by atoms with van der Waals surface area (Å²) in [6.45, 7) is -0.130. The highest BCUT2D eigenvalue weighted by atomic mass is 35.5. The lowest BCUT2D eigenvalue weighted by Gasteiger charge is -2.48. The van der Waals surface area contributed by atoms with Crippen LogP contribution >= 0.6 is 11.6 Å². The summed E-state index contributed by atoms with van der Waals surface area (Å²) < 4.78 is 0. The van der Waals surface area contributed by atoms with Crippen LogP contribution in [-0.2, 0) is 27.3 Å². The zero-order chi connectivity index (χ0) is 28.2. The monoisotopic (exact) mass is 554 g/mol. The number of nitrogens with two attached hydrogens (primary N) is 1. The zero-order valence-corrected chi connectivity index (χ0v) is 21.4. The molecule has 2 aromatic carbocycles. The van der Waals surface area contributed by atoms with E-state index in [0.717, 1.165) is 5.56 Å². The van der Waals surface area contributed by atoms with Gasteiger partial charge in [0.1, 0.15) is 23.3 Å². The molecule has 2 unspecified atom stereocenters. The molecule has 1 fully saturated rings. The second kappa shape index (κ2) is 9.78. The first-order valence-electron chi connectivity index (χ1n) is 12.5. The molecule has 0 heterocycles. The first kappa shape index (κ1) is 26.9. The quantitative estimate of drug-likeness (QED) is 0.235. The van der Waals surface area contributed by atoms with Gasteiger partial charge in [-0.15, -0.1) is 11.6 Å². The maximum absolute atomic E-state index is 14.0. The van der Waals surface area contributed by atoms with Gasteiger partial charge in [-0.3, -0.25) is 19.2 Å².